The topological polar surface area (TPSA) is 17.0 Å². The van der Waals surface area contributed by atoms with Crippen LogP contribution in [0, 0.1) is 11.8 Å². The summed E-state index contributed by atoms with van der Waals surface area (Å²) in [7, 11) is 1.98. The molecule has 1 aromatic heterocycles. The van der Waals surface area contributed by atoms with Gasteiger partial charge in [-0.25, -0.2) is 0 Å². The fourth-order valence-corrected chi connectivity index (χ4v) is 2.13. The van der Waals surface area contributed by atoms with E-state index in [2.05, 4.69) is 52.2 Å². The first-order chi connectivity index (χ1) is 8.36. The molecule has 1 heterocycles. The van der Waals surface area contributed by atoms with Gasteiger partial charge in [0.1, 0.15) is 0 Å². The van der Waals surface area contributed by atoms with Crippen LogP contribution in [0.4, 0.5) is 0 Å². The molecule has 0 spiro atoms. The molecule has 2 aromatic rings. The number of hydrogen-bond donors (Lipinski definition) is 1. The maximum atomic E-state index is 3.21. The summed E-state index contributed by atoms with van der Waals surface area (Å²) in [6, 6.07) is 8.67. The van der Waals surface area contributed by atoms with Crippen LogP contribution < -0.4 is 5.32 Å². The van der Waals surface area contributed by atoms with E-state index in [4.69, 9.17) is 0 Å². The zero-order valence-electron chi connectivity index (χ0n) is 10.5. The Morgan fingerprint density at radius 3 is 2.94 bits per heavy atom. The van der Waals surface area contributed by atoms with Gasteiger partial charge in [0.2, 0.25) is 0 Å². The molecular formula is C15H18N2. The Hall–Kier alpha value is -1.72. The summed E-state index contributed by atoms with van der Waals surface area (Å²) in [5, 5.41) is 4.55. The van der Waals surface area contributed by atoms with Crippen molar-refractivity contribution in [1.29, 1.82) is 0 Å². The second kappa shape index (κ2) is 5.56. The molecule has 17 heavy (non-hydrogen) atoms. The van der Waals surface area contributed by atoms with Gasteiger partial charge < -0.3 is 9.88 Å². The molecule has 0 unspecified atom stereocenters. The highest BCUT2D eigenvalue weighted by Gasteiger charge is 2.04. The molecule has 2 rings (SSSR count). The summed E-state index contributed by atoms with van der Waals surface area (Å²) in [6.45, 7) is 3.77. The minimum atomic E-state index is 0.913. The summed E-state index contributed by atoms with van der Waals surface area (Å²) < 4.78 is 2.28. The third-order valence-electron chi connectivity index (χ3n) is 2.93. The molecule has 0 aliphatic carbocycles. The van der Waals surface area contributed by atoms with Crippen LogP contribution >= 0.6 is 0 Å². The molecule has 0 saturated heterocycles. The fraction of sp³-hybridized carbons (Fsp3) is 0.333. The lowest BCUT2D eigenvalue weighted by atomic mass is 10.1. The molecule has 0 bridgehead atoms. The van der Waals surface area contributed by atoms with Gasteiger partial charge in [-0.1, -0.05) is 12.1 Å². The van der Waals surface area contributed by atoms with Crippen molar-refractivity contribution < 1.29 is 0 Å². The first-order valence-electron chi connectivity index (χ1n) is 5.97. The van der Waals surface area contributed by atoms with Gasteiger partial charge in [0.25, 0.3) is 0 Å². The van der Waals surface area contributed by atoms with Crippen LogP contribution in [0.5, 0.6) is 0 Å². The van der Waals surface area contributed by atoms with Gasteiger partial charge in [0.15, 0.2) is 0 Å². The van der Waals surface area contributed by atoms with E-state index in [1.54, 1.807) is 0 Å². The summed E-state index contributed by atoms with van der Waals surface area (Å²) >= 11 is 0. The van der Waals surface area contributed by atoms with Gasteiger partial charge in [0.05, 0.1) is 0 Å². The number of nitrogens with zero attached hydrogens (tertiary/aromatic N) is 1. The lowest BCUT2D eigenvalue weighted by Gasteiger charge is -2.05. The molecule has 0 fully saturated rings. The Kier molecular flexibility index (Phi) is 3.85. The Labute approximate surface area is 103 Å². The van der Waals surface area contributed by atoms with E-state index in [1.807, 2.05) is 14.0 Å². The predicted molar refractivity (Wildman–Crippen MR) is 72.8 cm³/mol. The van der Waals surface area contributed by atoms with Crippen molar-refractivity contribution >= 4 is 10.9 Å². The third-order valence-corrected chi connectivity index (χ3v) is 2.93. The first-order valence-corrected chi connectivity index (χ1v) is 5.97. The lowest BCUT2D eigenvalue weighted by molar-refractivity contribution is 0.748. The molecular weight excluding hydrogens is 208 g/mol. The highest BCUT2D eigenvalue weighted by molar-refractivity contribution is 5.83. The van der Waals surface area contributed by atoms with Gasteiger partial charge in [-0.15, -0.1) is 11.8 Å². The molecule has 1 N–H and O–H groups in total. The molecule has 2 heteroatoms. The predicted octanol–water partition coefficient (Wildman–Crippen LogP) is 2.77. The van der Waals surface area contributed by atoms with Gasteiger partial charge in [-0.05, 0) is 31.7 Å². The lowest BCUT2D eigenvalue weighted by Crippen LogP contribution is -2.05. The van der Waals surface area contributed by atoms with Crippen molar-refractivity contribution in [2.24, 2.45) is 0 Å². The smallest absolute Gasteiger partial charge is 0.0483 e. The molecule has 0 atom stereocenters. The van der Waals surface area contributed by atoms with E-state index >= 15 is 0 Å². The van der Waals surface area contributed by atoms with Crippen molar-refractivity contribution in [3.8, 4) is 11.8 Å². The molecule has 88 valence electrons. The Balaban J connectivity index is 2.32. The maximum Gasteiger partial charge on any atom is 0.0483 e. The van der Waals surface area contributed by atoms with Crippen molar-refractivity contribution in [3.63, 3.8) is 0 Å². The Bertz CT molecular complexity index is 555. The number of fused-ring (bicyclic) bond motifs is 1. The normalized spacial score (nSPS) is 10.2. The van der Waals surface area contributed by atoms with E-state index in [1.165, 1.54) is 16.5 Å². The fourth-order valence-electron chi connectivity index (χ4n) is 2.13. The number of aromatic nitrogens is 1. The molecule has 1 aromatic carbocycles. The van der Waals surface area contributed by atoms with Crippen LogP contribution in [-0.2, 0) is 13.1 Å². The highest BCUT2D eigenvalue weighted by Crippen LogP contribution is 2.20. The highest BCUT2D eigenvalue weighted by atomic mass is 14.9. The van der Waals surface area contributed by atoms with Crippen molar-refractivity contribution in [2.75, 3.05) is 7.05 Å². The number of nitrogens with one attached hydrogen (secondary N) is 1. The van der Waals surface area contributed by atoms with Crippen molar-refractivity contribution in [3.05, 3.63) is 36.0 Å². The van der Waals surface area contributed by atoms with Gasteiger partial charge in [0, 0.05) is 36.6 Å². The minimum absolute atomic E-state index is 0.913. The SMILES string of the molecule is CC#CCCn1ccc2c(CNC)cccc21. The second-order valence-electron chi connectivity index (χ2n) is 4.07. The zero-order valence-corrected chi connectivity index (χ0v) is 10.5. The van der Waals surface area contributed by atoms with Crippen LogP contribution in [0.3, 0.4) is 0 Å². The van der Waals surface area contributed by atoms with E-state index < -0.39 is 0 Å². The molecule has 0 amide bonds. The van der Waals surface area contributed by atoms with E-state index in [0.29, 0.717) is 0 Å². The quantitative estimate of drug-likeness (QED) is 0.793. The summed E-state index contributed by atoms with van der Waals surface area (Å²) in [5.41, 5.74) is 2.65. The van der Waals surface area contributed by atoms with Gasteiger partial charge >= 0.3 is 0 Å². The van der Waals surface area contributed by atoms with Gasteiger partial charge in [-0.2, -0.15) is 0 Å². The largest absolute Gasteiger partial charge is 0.347 e. The van der Waals surface area contributed by atoms with Crippen LogP contribution in [-0.4, -0.2) is 11.6 Å². The third kappa shape index (κ3) is 2.51. The molecule has 0 saturated carbocycles. The molecule has 0 aliphatic rings. The van der Waals surface area contributed by atoms with Crippen molar-refractivity contribution in [2.45, 2.75) is 26.4 Å². The first kappa shape index (κ1) is 11.8. The monoisotopic (exact) mass is 226 g/mol. The zero-order chi connectivity index (χ0) is 12.1. The molecule has 0 aliphatic heterocycles. The van der Waals surface area contributed by atoms with E-state index in [0.717, 1.165) is 19.5 Å². The molecule has 2 nitrogen and oxygen atoms in total. The Morgan fingerprint density at radius 2 is 2.18 bits per heavy atom. The maximum absolute atomic E-state index is 3.21. The summed E-state index contributed by atoms with van der Waals surface area (Å²) in [4.78, 5) is 0. The van der Waals surface area contributed by atoms with Crippen molar-refractivity contribution in [1.82, 2.24) is 9.88 Å². The molecule has 0 radical (unpaired) electrons. The number of rotatable bonds is 4. The van der Waals surface area contributed by atoms with Crippen LogP contribution in [0.2, 0.25) is 0 Å². The minimum Gasteiger partial charge on any atom is -0.347 e. The van der Waals surface area contributed by atoms with Crippen LogP contribution in [0.15, 0.2) is 30.5 Å². The number of hydrogen-bond acceptors (Lipinski definition) is 1. The van der Waals surface area contributed by atoms with E-state index in [-0.39, 0.29) is 0 Å². The average Bonchev–Trinajstić information content (AvgIpc) is 2.75. The average molecular weight is 226 g/mol. The van der Waals surface area contributed by atoms with E-state index in [9.17, 15) is 0 Å². The summed E-state index contributed by atoms with van der Waals surface area (Å²) in [5.74, 6) is 6.04. The number of aryl methyl sites for hydroxylation is 1. The number of benzene rings is 1. The summed E-state index contributed by atoms with van der Waals surface area (Å²) in [6.07, 6.45) is 3.07. The van der Waals surface area contributed by atoms with Crippen LogP contribution in [0.25, 0.3) is 10.9 Å². The Morgan fingerprint density at radius 1 is 1.29 bits per heavy atom. The van der Waals surface area contributed by atoms with Gasteiger partial charge in [-0.3, -0.25) is 0 Å². The second-order valence-corrected chi connectivity index (χ2v) is 4.07. The van der Waals surface area contributed by atoms with Crippen LogP contribution in [0.1, 0.15) is 18.9 Å². The standard InChI is InChI=1S/C15H18N2/c1-3-4-5-10-17-11-9-14-13(12-16-2)7-6-8-15(14)17/h6-9,11,16H,5,10,12H2,1-2H3.